The van der Waals surface area contributed by atoms with E-state index in [1.165, 1.54) is 31.4 Å². The molecule has 4 rings (SSSR count). The van der Waals surface area contributed by atoms with Crippen LogP contribution in [0.15, 0.2) is 18.2 Å². The van der Waals surface area contributed by atoms with E-state index < -0.39 is 11.6 Å². The molecule has 124 valence electrons. The third-order valence-corrected chi connectivity index (χ3v) is 5.89. The van der Waals surface area contributed by atoms with E-state index in [1.807, 2.05) is 0 Å². The molecule has 0 radical (unpaired) electrons. The van der Waals surface area contributed by atoms with Gasteiger partial charge in [0.1, 0.15) is 0 Å². The number of hydrogen-bond acceptors (Lipinski definition) is 2. The number of piperidine rings is 1. The van der Waals surface area contributed by atoms with Gasteiger partial charge >= 0.3 is 0 Å². The van der Waals surface area contributed by atoms with Crippen LogP contribution in [0.4, 0.5) is 8.78 Å². The second-order valence-corrected chi connectivity index (χ2v) is 7.17. The second-order valence-electron chi connectivity index (χ2n) is 7.17. The van der Waals surface area contributed by atoms with Crippen molar-refractivity contribution in [2.45, 2.75) is 37.6 Å². The van der Waals surface area contributed by atoms with Crippen molar-refractivity contribution in [3.8, 4) is 0 Å². The summed E-state index contributed by atoms with van der Waals surface area (Å²) in [4.78, 5) is 12.5. The first kappa shape index (κ1) is 15.1. The molecule has 0 bridgehead atoms. The first-order valence-electron chi connectivity index (χ1n) is 8.61. The number of carbonyl (C=O) groups excluding carboxylic acids is 1. The first-order chi connectivity index (χ1) is 11.1. The predicted octanol–water partition coefficient (Wildman–Crippen LogP) is 2.57. The maximum absolute atomic E-state index is 13.5. The van der Waals surface area contributed by atoms with Crippen molar-refractivity contribution in [1.29, 1.82) is 0 Å². The molecule has 1 saturated heterocycles. The number of nitrogens with one attached hydrogen (secondary N) is 2. The van der Waals surface area contributed by atoms with Gasteiger partial charge in [0.2, 0.25) is 5.91 Å². The van der Waals surface area contributed by atoms with Gasteiger partial charge < -0.3 is 10.6 Å². The molecular formula is C18H22F2N2O. The number of fused-ring (bicyclic) bond motifs is 1. The Labute approximate surface area is 134 Å². The third kappa shape index (κ3) is 2.75. The lowest BCUT2D eigenvalue weighted by atomic mass is 9.85. The van der Waals surface area contributed by atoms with E-state index in [9.17, 15) is 13.6 Å². The highest BCUT2D eigenvalue weighted by Crippen LogP contribution is 2.57. The topological polar surface area (TPSA) is 41.1 Å². The molecule has 2 N–H and O–H groups in total. The maximum atomic E-state index is 13.5. The predicted molar refractivity (Wildman–Crippen MR) is 82.8 cm³/mol. The quantitative estimate of drug-likeness (QED) is 0.899. The fourth-order valence-electron chi connectivity index (χ4n) is 4.64. The zero-order chi connectivity index (χ0) is 16.0. The molecule has 3 fully saturated rings. The largest absolute Gasteiger partial charge is 0.351 e. The minimum absolute atomic E-state index is 0.0360. The average Bonchev–Trinajstić information content (AvgIpc) is 3.04. The van der Waals surface area contributed by atoms with E-state index in [2.05, 4.69) is 10.6 Å². The van der Waals surface area contributed by atoms with Crippen LogP contribution in [0, 0.1) is 29.4 Å². The van der Waals surface area contributed by atoms with Crippen LogP contribution in [-0.4, -0.2) is 25.0 Å². The molecule has 1 aromatic carbocycles. The molecule has 3 aliphatic rings. The van der Waals surface area contributed by atoms with Crippen molar-refractivity contribution >= 4 is 5.91 Å². The summed E-state index contributed by atoms with van der Waals surface area (Å²) in [6.45, 7) is 1.50. The number of rotatable bonds is 3. The number of halogens is 2. The molecule has 5 heteroatoms. The summed E-state index contributed by atoms with van der Waals surface area (Å²) in [6.07, 6.45) is 4.42. The van der Waals surface area contributed by atoms with Gasteiger partial charge in [0, 0.05) is 24.4 Å². The van der Waals surface area contributed by atoms with Crippen LogP contribution in [-0.2, 0) is 4.79 Å². The van der Waals surface area contributed by atoms with Gasteiger partial charge in [-0.25, -0.2) is 8.78 Å². The molecule has 2 saturated carbocycles. The molecule has 1 amide bonds. The fraction of sp³-hybridized carbons (Fsp3) is 0.611. The fourth-order valence-corrected chi connectivity index (χ4v) is 4.64. The van der Waals surface area contributed by atoms with Gasteiger partial charge in [0.15, 0.2) is 11.6 Å². The summed E-state index contributed by atoms with van der Waals surface area (Å²) in [5.74, 6) is -0.0791. The number of amides is 1. The second kappa shape index (κ2) is 5.86. The molecule has 1 aliphatic heterocycles. The van der Waals surface area contributed by atoms with Crippen LogP contribution in [0.1, 0.15) is 37.2 Å². The van der Waals surface area contributed by atoms with Gasteiger partial charge in [0.25, 0.3) is 0 Å². The standard InChI is InChI=1S/C18H22F2N2O/c19-14-5-4-10(8-15(14)20)11-6-7-21-9-16(11)22-18(23)17-12-2-1-3-13(12)17/h4-5,8,11-13,16-17,21H,1-3,6-7,9H2,(H,22,23). The average molecular weight is 320 g/mol. The Hall–Kier alpha value is -1.49. The van der Waals surface area contributed by atoms with E-state index in [-0.39, 0.29) is 23.8 Å². The van der Waals surface area contributed by atoms with Crippen LogP contribution >= 0.6 is 0 Å². The number of carbonyl (C=O) groups is 1. The lowest BCUT2D eigenvalue weighted by Gasteiger charge is -2.33. The zero-order valence-electron chi connectivity index (χ0n) is 13.0. The van der Waals surface area contributed by atoms with Crippen LogP contribution in [0.5, 0.6) is 0 Å². The highest BCUT2D eigenvalue weighted by atomic mass is 19.2. The van der Waals surface area contributed by atoms with Crippen molar-refractivity contribution < 1.29 is 13.6 Å². The summed E-state index contributed by atoms with van der Waals surface area (Å²) in [6, 6.07) is 4.04. The van der Waals surface area contributed by atoms with Crippen LogP contribution in [0.2, 0.25) is 0 Å². The molecule has 1 aromatic rings. The van der Waals surface area contributed by atoms with E-state index in [1.54, 1.807) is 6.07 Å². The normalized spacial score (nSPS) is 35.7. The molecule has 0 spiro atoms. The van der Waals surface area contributed by atoms with Gasteiger partial charge in [-0.3, -0.25) is 4.79 Å². The Morgan fingerprint density at radius 1 is 1.13 bits per heavy atom. The summed E-state index contributed by atoms with van der Waals surface area (Å²) in [7, 11) is 0. The molecule has 1 heterocycles. The number of hydrogen-bond donors (Lipinski definition) is 2. The smallest absolute Gasteiger partial charge is 0.223 e. The highest BCUT2D eigenvalue weighted by Gasteiger charge is 2.56. The van der Waals surface area contributed by atoms with Crippen molar-refractivity contribution in [3.63, 3.8) is 0 Å². The summed E-state index contributed by atoms with van der Waals surface area (Å²) in [5.41, 5.74) is 0.770. The summed E-state index contributed by atoms with van der Waals surface area (Å²) in [5, 5.41) is 6.47. The Morgan fingerprint density at radius 3 is 2.65 bits per heavy atom. The highest BCUT2D eigenvalue weighted by molar-refractivity contribution is 5.82. The van der Waals surface area contributed by atoms with E-state index in [0.717, 1.165) is 18.5 Å². The van der Waals surface area contributed by atoms with Crippen LogP contribution in [0.25, 0.3) is 0 Å². The SMILES string of the molecule is O=C(NC1CNCCC1c1ccc(F)c(F)c1)C1C2CCCC21. The lowest BCUT2D eigenvalue weighted by Crippen LogP contribution is -2.50. The van der Waals surface area contributed by atoms with Crippen molar-refractivity contribution in [2.75, 3.05) is 13.1 Å². The van der Waals surface area contributed by atoms with Crippen molar-refractivity contribution in [1.82, 2.24) is 10.6 Å². The number of benzene rings is 1. The molecular weight excluding hydrogens is 298 g/mol. The van der Waals surface area contributed by atoms with Crippen LogP contribution in [0.3, 0.4) is 0 Å². The van der Waals surface area contributed by atoms with Gasteiger partial charge in [-0.1, -0.05) is 12.5 Å². The first-order valence-corrected chi connectivity index (χ1v) is 8.61. The minimum atomic E-state index is -0.825. The third-order valence-electron chi connectivity index (χ3n) is 5.89. The molecule has 23 heavy (non-hydrogen) atoms. The van der Waals surface area contributed by atoms with E-state index >= 15 is 0 Å². The summed E-state index contributed by atoms with van der Waals surface area (Å²) >= 11 is 0. The van der Waals surface area contributed by atoms with Gasteiger partial charge in [0.05, 0.1) is 0 Å². The minimum Gasteiger partial charge on any atom is -0.351 e. The molecule has 3 nitrogen and oxygen atoms in total. The Bertz CT molecular complexity index is 611. The summed E-state index contributed by atoms with van der Waals surface area (Å²) < 4.78 is 26.7. The van der Waals surface area contributed by atoms with Crippen LogP contribution < -0.4 is 10.6 Å². The van der Waals surface area contributed by atoms with Gasteiger partial charge in [-0.15, -0.1) is 0 Å². The Kier molecular flexibility index (Phi) is 3.84. The van der Waals surface area contributed by atoms with Gasteiger partial charge in [-0.2, -0.15) is 0 Å². The van der Waals surface area contributed by atoms with E-state index in [4.69, 9.17) is 0 Å². The zero-order valence-corrected chi connectivity index (χ0v) is 13.0. The monoisotopic (exact) mass is 320 g/mol. The molecule has 4 unspecified atom stereocenters. The lowest BCUT2D eigenvalue weighted by molar-refractivity contribution is -0.124. The van der Waals surface area contributed by atoms with Crippen molar-refractivity contribution in [2.24, 2.45) is 17.8 Å². The maximum Gasteiger partial charge on any atom is 0.223 e. The molecule has 0 aromatic heterocycles. The Morgan fingerprint density at radius 2 is 1.91 bits per heavy atom. The van der Waals surface area contributed by atoms with E-state index in [0.29, 0.717) is 18.4 Å². The van der Waals surface area contributed by atoms with Crippen molar-refractivity contribution in [3.05, 3.63) is 35.4 Å². The molecule has 2 aliphatic carbocycles. The Balaban J connectivity index is 1.47. The van der Waals surface area contributed by atoms with Gasteiger partial charge in [-0.05, 0) is 55.3 Å². The molecule has 4 atom stereocenters.